The van der Waals surface area contributed by atoms with E-state index >= 15 is 0 Å². The van der Waals surface area contributed by atoms with Crippen LogP contribution in [-0.4, -0.2) is 27.7 Å². The Kier molecular flexibility index (Phi) is 5.40. The highest BCUT2D eigenvalue weighted by Gasteiger charge is 2.18. The minimum atomic E-state index is -0.319. The number of carbonyl (C=O) groups excluding carboxylic acids is 1. The summed E-state index contributed by atoms with van der Waals surface area (Å²) in [4.78, 5) is 12.9. The zero-order valence-corrected chi connectivity index (χ0v) is 18.2. The van der Waals surface area contributed by atoms with E-state index < -0.39 is 0 Å². The zero-order valence-electron chi connectivity index (χ0n) is 18.2. The van der Waals surface area contributed by atoms with Gasteiger partial charge in [-0.25, -0.2) is 4.68 Å². The number of fused-ring (bicyclic) bond motifs is 1. The number of nitrogens with zero attached hydrogens (tertiary/aromatic N) is 3. The van der Waals surface area contributed by atoms with Gasteiger partial charge in [-0.05, 0) is 61.4 Å². The normalized spacial score (nSPS) is 11.9. The van der Waals surface area contributed by atoms with E-state index in [1.165, 1.54) is 0 Å². The lowest BCUT2D eigenvalue weighted by atomic mass is 10.2. The first-order valence-electron chi connectivity index (χ1n) is 10.5. The standard InChI is InChI=1S/C25H22N4O4/c1-16-5-3-8-20(11-16)29-17(2)24(27-28-29)25(30)26-19-7-4-6-18(12-19)14-31-21-9-10-22-23(13-21)33-15-32-22/h3-13H,14-15H2,1-2H3,(H,26,30). The highest BCUT2D eigenvalue weighted by molar-refractivity contribution is 6.03. The Balaban J connectivity index is 1.26. The van der Waals surface area contributed by atoms with E-state index in [2.05, 4.69) is 15.6 Å². The largest absolute Gasteiger partial charge is 0.489 e. The predicted molar refractivity (Wildman–Crippen MR) is 122 cm³/mol. The van der Waals surface area contributed by atoms with E-state index in [4.69, 9.17) is 14.2 Å². The maximum absolute atomic E-state index is 12.9. The van der Waals surface area contributed by atoms with Crippen LogP contribution in [-0.2, 0) is 6.61 Å². The van der Waals surface area contributed by atoms with Gasteiger partial charge in [0, 0.05) is 11.8 Å². The summed E-state index contributed by atoms with van der Waals surface area (Å²) < 4.78 is 18.2. The molecule has 5 rings (SSSR count). The first kappa shape index (κ1) is 20.6. The average molecular weight is 442 g/mol. The van der Waals surface area contributed by atoms with Crippen LogP contribution in [0, 0.1) is 13.8 Å². The van der Waals surface area contributed by atoms with Crippen LogP contribution in [0.5, 0.6) is 17.2 Å². The van der Waals surface area contributed by atoms with Gasteiger partial charge in [-0.3, -0.25) is 4.79 Å². The Hall–Kier alpha value is -4.33. The Morgan fingerprint density at radius 1 is 1.03 bits per heavy atom. The van der Waals surface area contributed by atoms with Gasteiger partial charge in [-0.15, -0.1) is 5.10 Å². The molecule has 8 nitrogen and oxygen atoms in total. The summed E-state index contributed by atoms with van der Waals surface area (Å²) in [5.41, 5.74) is 4.47. The van der Waals surface area contributed by atoms with Crippen molar-refractivity contribution < 1.29 is 19.0 Å². The van der Waals surface area contributed by atoms with E-state index in [9.17, 15) is 4.79 Å². The number of nitrogens with one attached hydrogen (secondary N) is 1. The molecule has 1 aliphatic heterocycles. The summed E-state index contributed by atoms with van der Waals surface area (Å²) in [7, 11) is 0. The molecule has 0 bridgehead atoms. The number of hydrogen-bond donors (Lipinski definition) is 1. The van der Waals surface area contributed by atoms with Gasteiger partial charge in [0.25, 0.3) is 5.91 Å². The summed E-state index contributed by atoms with van der Waals surface area (Å²) in [6.45, 7) is 4.39. The molecule has 3 aromatic carbocycles. The monoisotopic (exact) mass is 442 g/mol. The van der Waals surface area contributed by atoms with Gasteiger partial charge in [-0.2, -0.15) is 0 Å². The van der Waals surface area contributed by atoms with Crippen LogP contribution in [0.25, 0.3) is 5.69 Å². The van der Waals surface area contributed by atoms with Crippen molar-refractivity contribution in [1.82, 2.24) is 15.0 Å². The summed E-state index contributed by atoms with van der Waals surface area (Å²) in [6, 6.07) is 20.8. The van der Waals surface area contributed by atoms with Gasteiger partial charge < -0.3 is 19.5 Å². The van der Waals surface area contributed by atoms with Gasteiger partial charge in [0.15, 0.2) is 17.2 Å². The van der Waals surface area contributed by atoms with E-state index in [0.29, 0.717) is 35.2 Å². The Bertz CT molecular complexity index is 1330. The van der Waals surface area contributed by atoms with Gasteiger partial charge in [0.1, 0.15) is 12.4 Å². The van der Waals surface area contributed by atoms with Gasteiger partial charge in [0.05, 0.1) is 11.4 Å². The molecule has 0 atom stereocenters. The van der Waals surface area contributed by atoms with Crippen molar-refractivity contribution >= 4 is 11.6 Å². The third-order valence-corrected chi connectivity index (χ3v) is 5.29. The number of aromatic nitrogens is 3. The van der Waals surface area contributed by atoms with E-state index in [-0.39, 0.29) is 18.4 Å². The van der Waals surface area contributed by atoms with Crippen LogP contribution >= 0.6 is 0 Å². The highest BCUT2D eigenvalue weighted by Crippen LogP contribution is 2.35. The molecular formula is C25H22N4O4. The second-order valence-electron chi connectivity index (χ2n) is 7.73. The number of carbonyl (C=O) groups is 1. The second-order valence-corrected chi connectivity index (χ2v) is 7.73. The molecule has 0 aliphatic carbocycles. The fraction of sp³-hybridized carbons (Fsp3) is 0.160. The van der Waals surface area contributed by atoms with Crippen molar-refractivity contribution in [3.63, 3.8) is 0 Å². The number of amides is 1. The minimum Gasteiger partial charge on any atom is -0.489 e. The average Bonchev–Trinajstić information content (AvgIpc) is 3.44. The summed E-state index contributed by atoms with van der Waals surface area (Å²) in [6.07, 6.45) is 0. The molecule has 1 amide bonds. The summed E-state index contributed by atoms with van der Waals surface area (Å²) in [5.74, 6) is 1.74. The third-order valence-electron chi connectivity index (χ3n) is 5.29. The Labute approximate surface area is 190 Å². The lowest BCUT2D eigenvalue weighted by Gasteiger charge is -2.09. The molecular weight excluding hydrogens is 420 g/mol. The minimum absolute atomic E-state index is 0.221. The van der Waals surface area contributed by atoms with Gasteiger partial charge in [0.2, 0.25) is 6.79 Å². The van der Waals surface area contributed by atoms with Gasteiger partial charge in [-0.1, -0.05) is 29.5 Å². The second kappa shape index (κ2) is 8.66. The van der Waals surface area contributed by atoms with E-state index in [0.717, 1.165) is 16.8 Å². The first-order chi connectivity index (χ1) is 16.1. The Morgan fingerprint density at radius 2 is 1.88 bits per heavy atom. The molecule has 0 saturated heterocycles. The van der Waals surface area contributed by atoms with E-state index in [1.807, 2.05) is 74.5 Å². The van der Waals surface area contributed by atoms with Crippen LogP contribution in [0.4, 0.5) is 5.69 Å². The number of anilines is 1. The van der Waals surface area contributed by atoms with Crippen molar-refractivity contribution in [3.05, 3.63) is 89.2 Å². The summed E-state index contributed by atoms with van der Waals surface area (Å²) >= 11 is 0. The molecule has 33 heavy (non-hydrogen) atoms. The first-order valence-corrected chi connectivity index (χ1v) is 10.5. The number of hydrogen-bond acceptors (Lipinski definition) is 6. The maximum Gasteiger partial charge on any atom is 0.278 e. The van der Waals surface area contributed by atoms with Crippen LogP contribution in [0.3, 0.4) is 0 Å². The molecule has 4 aromatic rings. The molecule has 0 unspecified atom stereocenters. The molecule has 0 radical (unpaired) electrons. The van der Waals surface area contributed by atoms with Crippen molar-refractivity contribution in [1.29, 1.82) is 0 Å². The lowest BCUT2D eigenvalue weighted by Crippen LogP contribution is -2.14. The van der Waals surface area contributed by atoms with Gasteiger partial charge >= 0.3 is 0 Å². The van der Waals surface area contributed by atoms with Crippen molar-refractivity contribution in [2.24, 2.45) is 0 Å². The van der Waals surface area contributed by atoms with Crippen LogP contribution in [0.1, 0.15) is 27.3 Å². The number of benzene rings is 3. The molecule has 0 fully saturated rings. The molecule has 0 saturated carbocycles. The SMILES string of the molecule is Cc1cccc(-n2nnc(C(=O)Nc3cccc(COc4ccc5c(c4)OCO5)c3)c2C)c1. The fourth-order valence-electron chi connectivity index (χ4n) is 3.61. The number of ether oxygens (including phenoxy) is 3. The Morgan fingerprint density at radius 3 is 2.76 bits per heavy atom. The molecule has 2 heterocycles. The maximum atomic E-state index is 12.9. The molecule has 1 aromatic heterocycles. The van der Waals surface area contributed by atoms with Crippen molar-refractivity contribution in [2.45, 2.75) is 20.5 Å². The molecule has 1 aliphatic rings. The predicted octanol–water partition coefficient (Wildman–Crippen LogP) is 4.44. The highest BCUT2D eigenvalue weighted by atomic mass is 16.7. The topological polar surface area (TPSA) is 87.5 Å². The van der Waals surface area contributed by atoms with E-state index in [1.54, 1.807) is 10.7 Å². The van der Waals surface area contributed by atoms with Crippen molar-refractivity contribution in [3.8, 4) is 22.9 Å². The lowest BCUT2D eigenvalue weighted by molar-refractivity contribution is 0.102. The molecule has 166 valence electrons. The molecule has 1 N–H and O–H groups in total. The zero-order chi connectivity index (χ0) is 22.8. The number of rotatable bonds is 6. The van der Waals surface area contributed by atoms with Crippen LogP contribution in [0.15, 0.2) is 66.7 Å². The molecule has 8 heteroatoms. The quantitative estimate of drug-likeness (QED) is 0.475. The smallest absolute Gasteiger partial charge is 0.278 e. The van der Waals surface area contributed by atoms with Crippen molar-refractivity contribution in [2.75, 3.05) is 12.1 Å². The summed E-state index contributed by atoms with van der Waals surface area (Å²) in [5, 5.41) is 11.2. The number of aryl methyl sites for hydroxylation is 1. The fourth-order valence-corrected chi connectivity index (χ4v) is 3.61. The third kappa shape index (κ3) is 4.36. The van der Waals surface area contributed by atoms with Crippen LogP contribution in [0.2, 0.25) is 0 Å². The van der Waals surface area contributed by atoms with Crippen LogP contribution < -0.4 is 19.5 Å². The molecule has 0 spiro atoms.